The van der Waals surface area contributed by atoms with Crippen LogP contribution in [0.1, 0.15) is 25.7 Å². The van der Waals surface area contributed by atoms with Gasteiger partial charge in [0.15, 0.2) is 17.5 Å². The summed E-state index contributed by atoms with van der Waals surface area (Å²) in [6.45, 7) is 0. The molecule has 3 N–H and O–H groups in total. The number of nitrogens with one attached hydrogen (secondary N) is 1. The number of rotatable bonds is 3. The van der Waals surface area contributed by atoms with Crippen LogP contribution < -0.4 is 11.1 Å². The third-order valence-corrected chi connectivity index (χ3v) is 3.36. The minimum Gasteiger partial charge on any atom is -0.369 e. The van der Waals surface area contributed by atoms with Crippen LogP contribution in [0.15, 0.2) is 6.07 Å². The maximum Gasteiger partial charge on any atom is 0.251 e. The molecule has 1 aliphatic rings. The first-order chi connectivity index (χ1) is 8.97. The van der Waals surface area contributed by atoms with Gasteiger partial charge in [0.05, 0.1) is 0 Å². The lowest BCUT2D eigenvalue weighted by molar-refractivity contribution is -0.122. The summed E-state index contributed by atoms with van der Waals surface area (Å²) in [4.78, 5) is 14.2. The van der Waals surface area contributed by atoms with E-state index >= 15 is 0 Å². The number of amides is 1. The van der Waals surface area contributed by atoms with Crippen molar-refractivity contribution in [3.05, 3.63) is 23.6 Å². The lowest BCUT2D eigenvalue weighted by Crippen LogP contribution is -2.32. The SMILES string of the molecule is NC(=O)C1CCC(Nc2nc(F)c(F)cc2F)CC1. The van der Waals surface area contributed by atoms with Crippen LogP contribution in [0.3, 0.4) is 0 Å². The Morgan fingerprint density at radius 1 is 1.21 bits per heavy atom. The molecule has 1 aromatic heterocycles. The average molecular weight is 273 g/mol. The van der Waals surface area contributed by atoms with E-state index in [9.17, 15) is 18.0 Å². The van der Waals surface area contributed by atoms with Crippen molar-refractivity contribution in [3.63, 3.8) is 0 Å². The lowest BCUT2D eigenvalue weighted by atomic mass is 9.85. The van der Waals surface area contributed by atoms with Gasteiger partial charge in [0.2, 0.25) is 5.91 Å². The molecule has 0 bridgehead atoms. The molecule has 1 saturated carbocycles. The highest BCUT2D eigenvalue weighted by Gasteiger charge is 2.25. The number of anilines is 1. The molecule has 19 heavy (non-hydrogen) atoms. The summed E-state index contributed by atoms with van der Waals surface area (Å²) >= 11 is 0. The zero-order valence-corrected chi connectivity index (χ0v) is 10.1. The molecule has 0 saturated heterocycles. The maximum atomic E-state index is 13.4. The van der Waals surface area contributed by atoms with Gasteiger partial charge in [0.1, 0.15) is 0 Å². The number of aromatic nitrogens is 1. The predicted molar refractivity (Wildman–Crippen MR) is 62.7 cm³/mol. The van der Waals surface area contributed by atoms with E-state index in [2.05, 4.69) is 10.3 Å². The summed E-state index contributed by atoms with van der Waals surface area (Å²) in [6.07, 6.45) is 2.40. The Bertz CT molecular complexity index is 487. The van der Waals surface area contributed by atoms with Crippen molar-refractivity contribution in [1.29, 1.82) is 0 Å². The van der Waals surface area contributed by atoms with Gasteiger partial charge in [0, 0.05) is 18.0 Å². The molecule has 0 aromatic carbocycles. The van der Waals surface area contributed by atoms with Crippen molar-refractivity contribution in [2.75, 3.05) is 5.32 Å². The van der Waals surface area contributed by atoms with Crippen LogP contribution in [-0.2, 0) is 4.79 Å². The monoisotopic (exact) mass is 273 g/mol. The van der Waals surface area contributed by atoms with E-state index in [4.69, 9.17) is 5.73 Å². The van der Waals surface area contributed by atoms with Gasteiger partial charge in [-0.3, -0.25) is 4.79 Å². The largest absolute Gasteiger partial charge is 0.369 e. The van der Waals surface area contributed by atoms with Gasteiger partial charge in [-0.1, -0.05) is 0 Å². The van der Waals surface area contributed by atoms with E-state index in [1.807, 2.05) is 0 Å². The van der Waals surface area contributed by atoms with Gasteiger partial charge in [-0.15, -0.1) is 0 Å². The van der Waals surface area contributed by atoms with Gasteiger partial charge in [-0.25, -0.2) is 8.78 Å². The van der Waals surface area contributed by atoms with Crippen molar-refractivity contribution in [2.45, 2.75) is 31.7 Å². The molecular weight excluding hydrogens is 259 g/mol. The van der Waals surface area contributed by atoms with Gasteiger partial charge in [-0.2, -0.15) is 9.37 Å². The van der Waals surface area contributed by atoms with Gasteiger partial charge < -0.3 is 11.1 Å². The summed E-state index contributed by atoms with van der Waals surface area (Å²) in [7, 11) is 0. The molecule has 0 aliphatic heterocycles. The Morgan fingerprint density at radius 3 is 2.42 bits per heavy atom. The molecule has 104 valence electrons. The normalized spacial score (nSPS) is 23.1. The van der Waals surface area contributed by atoms with Crippen LogP contribution in [0.25, 0.3) is 0 Å². The minimum absolute atomic E-state index is 0.123. The third-order valence-electron chi connectivity index (χ3n) is 3.36. The Labute approximate surface area is 108 Å². The maximum absolute atomic E-state index is 13.4. The van der Waals surface area contributed by atoms with Crippen LogP contribution in [0.5, 0.6) is 0 Å². The molecule has 0 spiro atoms. The average Bonchev–Trinajstić information content (AvgIpc) is 2.36. The van der Waals surface area contributed by atoms with Crippen molar-refractivity contribution < 1.29 is 18.0 Å². The summed E-state index contributed by atoms with van der Waals surface area (Å²) in [6, 6.07) is 0.335. The number of nitrogens with two attached hydrogens (primary N) is 1. The van der Waals surface area contributed by atoms with Crippen molar-refractivity contribution in [3.8, 4) is 0 Å². The first kappa shape index (κ1) is 13.6. The summed E-state index contributed by atoms with van der Waals surface area (Å²) in [5.41, 5.74) is 5.20. The Hall–Kier alpha value is -1.79. The molecule has 1 aromatic rings. The topological polar surface area (TPSA) is 68.0 Å². The number of hydrogen-bond acceptors (Lipinski definition) is 3. The number of hydrogen-bond donors (Lipinski definition) is 2. The number of pyridine rings is 1. The highest BCUT2D eigenvalue weighted by Crippen LogP contribution is 2.26. The van der Waals surface area contributed by atoms with E-state index in [0.29, 0.717) is 31.7 Å². The first-order valence-electron chi connectivity index (χ1n) is 6.04. The second-order valence-corrected chi connectivity index (χ2v) is 4.69. The summed E-state index contributed by atoms with van der Waals surface area (Å²) in [5.74, 6) is -4.40. The molecule has 4 nitrogen and oxygen atoms in total. The quantitative estimate of drug-likeness (QED) is 0.827. The van der Waals surface area contributed by atoms with Crippen LogP contribution in [0, 0.1) is 23.5 Å². The highest BCUT2D eigenvalue weighted by molar-refractivity contribution is 5.76. The standard InChI is InChI=1S/C12H14F3N3O/c13-8-5-9(14)12(18-10(8)15)17-7-3-1-6(2-4-7)11(16)19/h5-7H,1-4H2,(H2,16,19)(H,17,18). The van der Waals surface area contributed by atoms with Crippen molar-refractivity contribution in [1.82, 2.24) is 4.98 Å². The van der Waals surface area contributed by atoms with Crippen LogP contribution in [-0.4, -0.2) is 16.9 Å². The number of carbonyl (C=O) groups is 1. The molecular formula is C12H14F3N3O. The zero-order valence-electron chi connectivity index (χ0n) is 10.1. The van der Waals surface area contributed by atoms with Crippen LogP contribution in [0.4, 0.5) is 19.0 Å². The minimum atomic E-state index is -1.34. The molecule has 2 rings (SSSR count). The summed E-state index contributed by atoms with van der Waals surface area (Å²) in [5, 5.41) is 2.73. The fourth-order valence-electron chi connectivity index (χ4n) is 2.26. The Morgan fingerprint density at radius 2 is 1.84 bits per heavy atom. The van der Waals surface area contributed by atoms with Crippen LogP contribution in [0.2, 0.25) is 0 Å². The molecule has 0 atom stereocenters. The van der Waals surface area contributed by atoms with Crippen molar-refractivity contribution in [2.24, 2.45) is 11.7 Å². The van der Waals surface area contributed by atoms with E-state index in [0.717, 1.165) is 0 Å². The third kappa shape index (κ3) is 3.15. The molecule has 1 amide bonds. The second-order valence-electron chi connectivity index (χ2n) is 4.69. The number of primary amides is 1. The predicted octanol–water partition coefficient (Wildman–Crippen LogP) is 1.95. The van der Waals surface area contributed by atoms with E-state index < -0.39 is 17.6 Å². The van der Waals surface area contributed by atoms with Gasteiger partial charge in [-0.05, 0) is 25.7 Å². The van der Waals surface area contributed by atoms with E-state index in [1.165, 1.54) is 0 Å². The highest BCUT2D eigenvalue weighted by atomic mass is 19.2. The zero-order chi connectivity index (χ0) is 14.0. The molecule has 1 fully saturated rings. The number of nitrogens with zero attached hydrogens (tertiary/aromatic N) is 1. The smallest absolute Gasteiger partial charge is 0.251 e. The number of carbonyl (C=O) groups excluding carboxylic acids is 1. The second kappa shape index (κ2) is 5.46. The van der Waals surface area contributed by atoms with E-state index in [1.54, 1.807) is 0 Å². The van der Waals surface area contributed by atoms with E-state index in [-0.39, 0.29) is 23.7 Å². The van der Waals surface area contributed by atoms with Crippen LogP contribution >= 0.6 is 0 Å². The molecule has 0 unspecified atom stereocenters. The van der Waals surface area contributed by atoms with Gasteiger partial charge >= 0.3 is 0 Å². The fourth-order valence-corrected chi connectivity index (χ4v) is 2.26. The first-order valence-corrected chi connectivity index (χ1v) is 6.04. The molecule has 0 radical (unpaired) electrons. The Balaban J connectivity index is 1.99. The van der Waals surface area contributed by atoms with Gasteiger partial charge in [0.25, 0.3) is 5.95 Å². The molecule has 1 heterocycles. The number of halogens is 3. The molecule has 7 heteroatoms. The molecule has 1 aliphatic carbocycles. The Kier molecular flexibility index (Phi) is 3.92. The summed E-state index contributed by atoms with van der Waals surface area (Å²) < 4.78 is 39.0. The fraction of sp³-hybridized carbons (Fsp3) is 0.500. The van der Waals surface area contributed by atoms with Crippen molar-refractivity contribution >= 4 is 11.7 Å². The lowest BCUT2D eigenvalue weighted by Gasteiger charge is -2.27.